The van der Waals surface area contributed by atoms with Crippen LogP contribution >= 0.6 is 15.9 Å². The van der Waals surface area contributed by atoms with Gasteiger partial charge < -0.3 is 5.32 Å². The molecular formula is C14H21BrN2O. The van der Waals surface area contributed by atoms with E-state index in [1.54, 1.807) is 0 Å². The summed E-state index contributed by atoms with van der Waals surface area (Å²) < 4.78 is 0.912. The lowest BCUT2D eigenvalue weighted by Gasteiger charge is -2.19. The van der Waals surface area contributed by atoms with Gasteiger partial charge in [0.25, 0.3) is 0 Å². The van der Waals surface area contributed by atoms with Crippen molar-refractivity contribution >= 4 is 27.5 Å². The Morgan fingerprint density at radius 2 is 2.06 bits per heavy atom. The first kappa shape index (κ1) is 15.2. The Balaban J connectivity index is 2.48. The van der Waals surface area contributed by atoms with E-state index in [1.807, 2.05) is 24.3 Å². The van der Waals surface area contributed by atoms with Crippen LogP contribution in [0.4, 0.5) is 5.69 Å². The number of amides is 1. The highest BCUT2D eigenvalue weighted by Gasteiger charge is 2.09. The summed E-state index contributed by atoms with van der Waals surface area (Å²) in [5.74, 6) is 0.0415. The third kappa shape index (κ3) is 5.19. The Bertz CT molecular complexity index is 382. The lowest BCUT2D eigenvalue weighted by Crippen LogP contribution is -2.33. The molecule has 100 valence electrons. The standard InChI is InChI=1S/C14H21BrN2O/c1-3-5-10-17(4-2)11-14(18)16-13-9-7-6-8-12(13)15/h6-9H,3-5,10-11H2,1-2H3,(H,16,18). The number of carbonyl (C=O) groups excluding carboxylic acids is 1. The normalized spacial score (nSPS) is 10.7. The van der Waals surface area contributed by atoms with Gasteiger partial charge in [-0.1, -0.05) is 32.4 Å². The van der Waals surface area contributed by atoms with Crippen LogP contribution < -0.4 is 5.32 Å². The molecule has 0 atom stereocenters. The number of carbonyl (C=O) groups is 1. The van der Waals surface area contributed by atoms with Crippen LogP contribution in [0.15, 0.2) is 28.7 Å². The second-order valence-electron chi connectivity index (χ2n) is 4.25. The molecule has 0 aliphatic carbocycles. The van der Waals surface area contributed by atoms with Crippen LogP contribution in [-0.2, 0) is 4.79 Å². The van der Waals surface area contributed by atoms with Crippen LogP contribution in [0.25, 0.3) is 0 Å². The molecule has 0 heterocycles. The van der Waals surface area contributed by atoms with Crippen molar-refractivity contribution in [1.82, 2.24) is 4.90 Å². The number of halogens is 1. The third-order valence-electron chi connectivity index (χ3n) is 2.79. The number of likely N-dealkylation sites (N-methyl/N-ethyl adjacent to an activating group) is 1. The van der Waals surface area contributed by atoms with Gasteiger partial charge in [-0.2, -0.15) is 0 Å². The predicted octanol–water partition coefficient (Wildman–Crippen LogP) is 3.51. The zero-order chi connectivity index (χ0) is 13.4. The molecule has 0 fully saturated rings. The number of unbranched alkanes of at least 4 members (excludes halogenated alkanes) is 1. The number of para-hydroxylation sites is 1. The number of nitrogens with zero attached hydrogens (tertiary/aromatic N) is 1. The molecule has 0 aromatic heterocycles. The highest BCUT2D eigenvalue weighted by Crippen LogP contribution is 2.20. The second-order valence-corrected chi connectivity index (χ2v) is 5.10. The van der Waals surface area contributed by atoms with E-state index in [9.17, 15) is 4.79 Å². The first-order valence-electron chi connectivity index (χ1n) is 6.44. The van der Waals surface area contributed by atoms with Gasteiger partial charge in [-0.05, 0) is 47.6 Å². The van der Waals surface area contributed by atoms with Crippen LogP contribution in [0.1, 0.15) is 26.7 Å². The summed E-state index contributed by atoms with van der Waals surface area (Å²) in [6.45, 7) is 6.59. The maximum atomic E-state index is 11.9. The first-order chi connectivity index (χ1) is 8.67. The molecule has 0 radical (unpaired) electrons. The number of benzene rings is 1. The molecule has 0 saturated carbocycles. The molecule has 0 spiro atoms. The Morgan fingerprint density at radius 3 is 2.67 bits per heavy atom. The van der Waals surface area contributed by atoms with Crippen molar-refractivity contribution in [3.8, 4) is 0 Å². The van der Waals surface area contributed by atoms with Gasteiger partial charge in [-0.15, -0.1) is 0 Å². The zero-order valence-electron chi connectivity index (χ0n) is 11.1. The van der Waals surface area contributed by atoms with E-state index in [0.717, 1.165) is 36.1 Å². The third-order valence-corrected chi connectivity index (χ3v) is 3.48. The zero-order valence-corrected chi connectivity index (χ0v) is 12.7. The fraction of sp³-hybridized carbons (Fsp3) is 0.500. The smallest absolute Gasteiger partial charge is 0.238 e. The Hall–Kier alpha value is -0.870. The summed E-state index contributed by atoms with van der Waals surface area (Å²) in [5.41, 5.74) is 0.828. The number of rotatable bonds is 7. The highest BCUT2D eigenvalue weighted by atomic mass is 79.9. The minimum absolute atomic E-state index is 0.0415. The molecule has 3 nitrogen and oxygen atoms in total. The van der Waals surface area contributed by atoms with Crippen LogP contribution in [0.3, 0.4) is 0 Å². The van der Waals surface area contributed by atoms with E-state index in [-0.39, 0.29) is 5.91 Å². The Labute approximate surface area is 118 Å². The lowest BCUT2D eigenvalue weighted by molar-refractivity contribution is -0.117. The first-order valence-corrected chi connectivity index (χ1v) is 7.23. The minimum Gasteiger partial charge on any atom is -0.324 e. The van der Waals surface area contributed by atoms with Crippen molar-refractivity contribution in [1.29, 1.82) is 0 Å². The summed E-state index contributed by atoms with van der Waals surface area (Å²) in [6, 6.07) is 7.66. The quantitative estimate of drug-likeness (QED) is 0.835. The van der Waals surface area contributed by atoms with Crippen molar-refractivity contribution in [2.45, 2.75) is 26.7 Å². The number of anilines is 1. The van der Waals surface area contributed by atoms with E-state index < -0.39 is 0 Å². The molecule has 1 N–H and O–H groups in total. The van der Waals surface area contributed by atoms with Gasteiger partial charge >= 0.3 is 0 Å². The number of nitrogens with one attached hydrogen (secondary N) is 1. The van der Waals surface area contributed by atoms with Crippen LogP contribution in [-0.4, -0.2) is 30.4 Å². The van der Waals surface area contributed by atoms with Crippen molar-refractivity contribution < 1.29 is 4.79 Å². The van der Waals surface area contributed by atoms with E-state index >= 15 is 0 Å². The Morgan fingerprint density at radius 1 is 1.33 bits per heavy atom. The second kappa shape index (κ2) is 8.27. The highest BCUT2D eigenvalue weighted by molar-refractivity contribution is 9.10. The Kier molecular flexibility index (Phi) is 6.98. The molecule has 1 aromatic carbocycles. The number of hydrogen-bond acceptors (Lipinski definition) is 2. The van der Waals surface area contributed by atoms with Gasteiger partial charge in [0, 0.05) is 4.47 Å². The molecule has 18 heavy (non-hydrogen) atoms. The fourth-order valence-corrected chi connectivity index (χ4v) is 2.07. The average molecular weight is 313 g/mol. The minimum atomic E-state index is 0.0415. The molecule has 0 aliphatic rings. The van der Waals surface area contributed by atoms with E-state index in [1.165, 1.54) is 0 Å². The summed E-state index contributed by atoms with van der Waals surface area (Å²) in [7, 11) is 0. The van der Waals surface area contributed by atoms with Crippen LogP contribution in [0, 0.1) is 0 Å². The van der Waals surface area contributed by atoms with E-state index in [0.29, 0.717) is 6.54 Å². The maximum Gasteiger partial charge on any atom is 0.238 e. The molecule has 4 heteroatoms. The molecule has 1 amide bonds. The monoisotopic (exact) mass is 312 g/mol. The van der Waals surface area contributed by atoms with Crippen LogP contribution in [0.5, 0.6) is 0 Å². The fourth-order valence-electron chi connectivity index (χ4n) is 1.69. The average Bonchev–Trinajstić information content (AvgIpc) is 2.37. The largest absolute Gasteiger partial charge is 0.324 e. The summed E-state index contributed by atoms with van der Waals surface area (Å²) in [5, 5.41) is 2.92. The lowest BCUT2D eigenvalue weighted by atomic mass is 10.3. The summed E-state index contributed by atoms with van der Waals surface area (Å²) in [4.78, 5) is 14.1. The van der Waals surface area contributed by atoms with E-state index in [4.69, 9.17) is 0 Å². The van der Waals surface area contributed by atoms with Gasteiger partial charge in [0.15, 0.2) is 0 Å². The molecule has 0 bridgehead atoms. The van der Waals surface area contributed by atoms with Crippen molar-refractivity contribution in [2.24, 2.45) is 0 Å². The van der Waals surface area contributed by atoms with Gasteiger partial charge in [0.05, 0.1) is 12.2 Å². The molecule has 0 saturated heterocycles. The van der Waals surface area contributed by atoms with Crippen LogP contribution in [0.2, 0.25) is 0 Å². The molecule has 0 aliphatic heterocycles. The van der Waals surface area contributed by atoms with Crippen molar-refractivity contribution in [2.75, 3.05) is 25.0 Å². The molecule has 0 unspecified atom stereocenters. The van der Waals surface area contributed by atoms with E-state index in [2.05, 4.69) is 40.0 Å². The van der Waals surface area contributed by atoms with Gasteiger partial charge in [0.2, 0.25) is 5.91 Å². The van der Waals surface area contributed by atoms with Gasteiger partial charge in [0.1, 0.15) is 0 Å². The molecule has 1 rings (SSSR count). The van der Waals surface area contributed by atoms with Crippen molar-refractivity contribution in [3.05, 3.63) is 28.7 Å². The molecule has 1 aromatic rings. The van der Waals surface area contributed by atoms with Gasteiger partial charge in [-0.3, -0.25) is 9.69 Å². The summed E-state index contributed by atoms with van der Waals surface area (Å²) in [6.07, 6.45) is 2.29. The maximum absolute atomic E-state index is 11.9. The predicted molar refractivity (Wildman–Crippen MR) is 79.8 cm³/mol. The molecular weight excluding hydrogens is 292 g/mol. The SMILES string of the molecule is CCCCN(CC)CC(=O)Nc1ccccc1Br. The topological polar surface area (TPSA) is 32.3 Å². The van der Waals surface area contributed by atoms with Crippen molar-refractivity contribution in [3.63, 3.8) is 0 Å². The number of hydrogen-bond donors (Lipinski definition) is 1. The summed E-state index contributed by atoms with van der Waals surface area (Å²) >= 11 is 3.42. The van der Waals surface area contributed by atoms with Gasteiger partial charge in [-0.25, -0.2) is 0 Å².